The molecule has 1 aliphatic heterocycles. The summed E-state index contributed by atoms with van der Waals surface area (Å²) in [4.78, 5) is 22.4. The Morgan fingerprint density at radius 3 is 2.83 bits per heavy atom. The van der Waals surface area contributed by atoms with Crippen LogP contribution in [0.4, 0.5) is 4.79 Å². The average Bonchev–Trinajstić information content (AvgIpc) is 2.33. The average molecular weight is 191 g/mol. The number of carbonyl (C=O) groups is 2. The fourth-order valence-electron chi connectivity index (χ4n) is 0.937. The molecule has 1 unspecified atom stereocenters. The van der Waals surface area contributed by atoms with Crippen LogP contribution in [0.25, 0.3) is 0 Å². The number of rotatable bonds is 1. The zero-order valence-electron chi connectivity index (χ0n) is 6.52. The summed E-state index contributed by atoms with van der Waals surface area (Å²) < 4.78 is 4.47. The summed E-state index contributed by atoms with van der Waals surface area (Å²) in [5, 5.41) is 8.30. The van der Waals surface area contributed by atoms with Crippen LogP contribution in [0.5, 0.6) is 0 Å². The van der Waals surface area contributed by atoms with Crippen LogP contribution in [-0.4, -0.2) is 39.9 Å². The number of amides is 1. The van der Waals surface area contributed by atoms with Gasteiger partial charge in [0.2, 0.25) is 11.5 Å². The molecular weight excluding hydrogens is 182 g/mol. The number of thioether (sulfide) groups is 1. The number of nitrogens with zero attached hydrogens (tertiary/aromatic N) is 1. The minimum absolute atomic E-state index is 0.161. The quantitative estimate of drug-likeness (QED) is 0.613. The maximum atomic E-state index is 10.9. The Bertz CT molecular complexity index is 208. The predicted octanol–water partition coefficient (Wildman–Crippen LogP) is 0.560. The molecule has 1 atom stereocenters. The Labute approximate surface area is 73.7 Å². The predicted molar refractivity (Wildman–Crippen MR) is 42.7 cm³/mol. The van der Waals surface area contributed by atoms with Crippen molar-refractivity contribution >= 4 is 23.8 Å². The van der Waals surface area contributed by atoms with Gasteiger partial charge in [-0.2, -0.15) is 0 Å². The van der Waals surface area contributed by atoms with E-state index < -0.39 is 11.7 Å². The standard InChI is InChI=1S/C6H9NO4S/c1-4(8)7-2-3-12-5(7)11-6(9)10/h5H,2-3H2,1H3,(H,9,10). The topological polar surface area (TPSA) is 66.8 Å². The van der Waals surface area contributed by atoms with Crippen LogP contribution in [0.2, 0.25) is 0 Å². The van der Waals surface area contributed by atoms with Gasteiger partial charge in [0, 0.05) is 19.2 Å². The number of ether oxygens (including phenoxy) is 1. The summed E-state index contributed by atoms with van der Waals surface area (Å²) in [5.74, 6) is 0.559. The Morgan fingerprint density at radius 2 is 2.33 bits per heavy atom. The molecule has 0 aromatic heterocycles. The van der Waals surface area contributed by atoms with E-state index >= 15 is 0 Å². The maximum Gasteiger partial charge on any atom is 0.508 e. The molecule has 1 aliphatic rings. The molecule has 5 nitrogen and oxygen atoms in total. The Kier molecular flexibility index (Phi) is 2.80. The van der Waals surface area contributed by atoms with Crippen molar-refractivity contribution in [3.8, 4) is 0 Å². The molecule has 1 N–H and O–H groups in total. The highest BCUT2D eigenvalue weighted by Gasteiger charge is 2.30. The van der Waals surface area contributed by atoms with Crippen LogP contribution in [0.1, 0.15) is 6.92 Å². The zero-order valence-corrected chi connectivity index (χ0v) is 7.34. The van der Waals surface area contributed by atoms with Crippen molar-refractivity contribution in [1.82, 2.24) is 4.90 Å². The van der Waals surface area contributed by atoms with Gasteiger partial charge in [-0.1, -0.05) is 11.8 Å². The number of hydrogen-bond donors (Lipinski definition) is 1. The van der Waals surface area contributed by atoms with Crippen LogP contribution in [0.3, 0.4) is 0 Å². The van der Waals surface area contributed by atoms with Crippen molar-refractivity contribution in [1.29, 1.82) is 0 Å². The third-order valence-electron chi connectivity index (χ3n) is 1.45. The minimum atomic E-state index is -1.35. The van der Waals surface area contributed by atoms with E-state index in [0.717, 1.165) is 5.75 Å². The Morgan fingerprint density at radius 1 is 1.67 bits per heavy atom. The highest BCUT2D eigenvalue weighted by Crippen LogP contribution is 2.24. The summed E-state index contributed by atoms with van der Waals surface area (Å²) in [6.07, 6.45) is -1.35. The van der Waals surface area contributed by atoms with Gasteiger partial charge in [-0.05, 0) is 0 Å². The lowest BCUT2D eigenvalue weighted by molar-refractivity contribution is -0.133. The molecule has 0 saturated carbocycles. The lowest BCUT2D eigenvalue weighted by Gasteiger charge is -2.19. The van der Waals surface area contributed by atoms with E-state index in [1.807, 2.05) is 0 Å². The summed E-state index contributed by atoms with van der Waals surface area (Å²) in [6, 6.07) is 0. The molecule has 0 aromatic carbocycles. The van der Waals surface area contributed by atoms with E-state index in [2.05, 4.69) is 4.74 Å². The van der Waals surface area contributed by atoms with Crippen molar-refractivity contribution in [3.05, 3.63) is 0 Å². The van der Waals surface area contributed by atoms with E-state index in [9.17, 15) is 9.59 Å². The van der Waals surface area contributed by atoms with Crippen molar-refractivity contribution in [3.63, 3.8) is 0 Å². The Balaban J connectivity index is 2.52. The lowest BCUT2D eigenvalue weighted by Crippen LogP contribution is -2.35. The largest absolute Gasteiger partial charge is 0.508 e. The highest BCUT2D eigenvalue weighted by molar-refractivity contribution is 8.00. The first-order valence-electron chi connectivity index (χ1n) is 3.39. The fraction of sp³-hybridized carbons (Fsp3) is 0.667. The van der Waals surface area contributed by atoms with E-state index in [1.54, 1.807) is 0 Å². The molecule has 1 saturated heterocycles. The van der Waals surface area contributed by atoms with Crippen LogP contribution in [-0.2, 0) is 9.53 Å². The van der Waals surface area contributed by atoms with Gasteiger partial charge in [-0.3, -0.25) is 9.69 Å². The first-order valence-corrected chi connectivity index (χ1v) is 4.44. The molecular formula is C6H9NO4S. The van der Waals surface area contributed by atoms with Gasteiger partial charge >= 0.3 is 6.16 Å². The second-order valence-corrected chi connectivity index (χ2v) is 3.42. The molecule has 1 amide bonds. The van der Waals surface area contributed by atoms with Gasteiger partial charge in [-0.25, -0.2) is 4.79 Å². The second kappa shape index (κ2) is 3.66. The molecule has 12 heavy (non-hydrogen) atoms. The number of hydrogen-bond acceptors (Lipinski definition) is 4. The van der Waals surface area contributed by atoms with Crippen LogP contribution in [0, 0.1) is 0 Å². The highest BCUT2D eigenvalue weighted by atomic mass is 32.2. The molecule has 0 aliphatic carbocycles. The number of carbonyl (C=O) groups excluding carboxylic acids is 1. The number of carboxylic acid groups (broad SMARTS) is 1. The van der Waals surface area contributed by atoms with Crippen molar-refractivity contribution in [2.75, 3.05) is 12.3 Å². The van der Waals surface area contributed by atoms with Crippen LogP contribution >= 0.6 is 11.8 Å². The first kappa shape index (κ1) is 9.18. The monoisotopic (exact) mass is 191 g/mol. The van der Waals surface area contributed by atoms with E-state index in [1.165, 1.54) is 23.6 Å². The summed E-state index contributed by atoms with van der Waals surface area (Å²) >= 11 is 1.31. The van der Waals surface area contributed by atoms with Crippen molar-refractivity contribution in [2.24, 2.45) is 0 Å². The first-order chi connectivity index (χ1) is 5.61. The SMILES string of the molecule is CC(=O)N1CCSC1OC(=O)O. The maximum absolute atomic E-state index is 10.9. The molecule has 0 aromatic rings. The molecule has 1 rings (SSSR count). The molecule has 1 fully saturated rings. The zero-order chi connectivity index (χ0) is 9.14. The van der Waals surface area contributed by atoms with Gasteiger partial charge in [0.1, 0.15) is 0 Å². The van der Waals surface area contributed by atoms with Gasteiger partial charge < -0.3 is 9.84 Å². The minimum Gasteiger partial charge on any atom is -0.450 e. The third kappa shape index (κ3) is 2.04. The third-order valence-corrected chi connectivity index (χ3v) is 2.51. The fourth-order valence-corrected chi connectivity index (χ4v) is 2.02. The van der Waals surface area contributed by atoms with Gasteiger partial charge in [0.25, 0.3) is 0 Å². The van der Waals surface area contributed by atoms with Crippen LogP contribution in [0.15, 0.2) is 0 Å². The van der Waals surface area contributed by atoms with E-state index in [-0.39, 0.29) is 5.91 Å². The molecule has 0 spiro atoms. The van der Waals surface area contributed by atoms with Gasteiger partial charge in [0.05, 0.1) is 0 Å². The molecule has 1 heterocycles. The van der Waals surface area contributed by atoms with Gasteiger partial charge in [0.15, 0.2) is 0 Å². The summed E-state index contributed by atoms with van der Waals surface area (Å²) in [5.41, 5.74) is -0.653. The van der Waals surface area contributed by atoms with E-state index in [4.69, 9.17) is 5.11 Å². The van der Waals surface area contributed by atoms with Crippen molar-refractivity contribution < 1.29 is 19.4 Å². The molecule has 0 bridgehead atoms. The second-order valence-electron chi connectivity index (χ2n) is 2.27. The Hall–Kier alpha value is -0.910. The van der Waals surface area contributed by atoms with Crippen LogP contribution < -0.4 is 0 Å². The molecule has 68 valence electrons. The lowest BCUT2D eigenvalue weighted by atomic mass is 10.5. The smallest absolute Gasteiger partial charge is 0.450 e. The molecule has 0 radical (unpaired) electrons. The normalized spacial score (nSPS) is 22.4. The van der Waals surface area contributed by atoms with Crippen molar-refractivity contribution in [2.45, 2.75) is 12.5 Å². The van der Waals surface area contributed by atoms with E-state index in [0.29, 0.717) is 6.54 Å². The summed E-state index contributed by atoms with van der Waals surface area (Å²) in [7, 11) is 0. The van der Waals surface area contributed by atoms with Gasteiger partial charge in [-0.15, -0.1) is 0 Å². The summed E-state index contributed by atoms with van der Waals surface area (Å²) in [6.45, 7) is 1.95. The molecule has 6 heteroatoms.